The van der Waals surface area contributed by atoms with Crippen molar-refractivity contribution in [3.05, 3.63) is 0 Å². The van der Waals surface area contributed by atoms with E-state index in [0.29, 0.717) is 0 Å². The predicted octanol–water partition coefficient (Wildman–Crippen LogP) is -1.62. The van der Waals surface area contributed by atoms with Gasteiger partial charge in [-0.2, -0.15) is 27.0 Å². The Morgan fingerprint density at radius 3 is 0.500 bits per heavy atom. The maximum atomic E-state index is 0. The van der Waals surface area contributed by atoms with E-state index in [4.69, 9.17) is 0 Å². The van der Waals surface area contributed by atoms with Crippen molar-refractivity contribution >= 4 is 74.8 Å². The minimum Gasteiger partial charge on any atom is 0 e. The molecule has 0 spiro atoms. The van der Waals surface area contributed by atoms with Gasteiger partial charge in [0.1, 0.15) is 0 Å². The monoisotopic (exact) mass is 566 g/mol. The standard InChI is InChI=1S/2Cu.2H2S.2Sn.2Zn.4H/h;;2*1H2;;;;;;;;. The zero-order valence-electron chi connectivity index (χ0n) is 4.43. The van der Waals surface area contributed by atoms with Gasteiger partial charge in [-0.3, -0.25) is 0 Å². The molecule has 0 unspecified atom stereocenters. The molecule has 0 saturated carbocycles. The molecule has 6 radical (unpaired) electrons. The van der Waals surface area contributed by atoms with Crippen molar-refractivity contribution in [3.8, 4) is 0 Å². The minimum atomic E-state index is 0. The van der Waals surface area contributed by atoms with Gasteiger partial charge in [0.2, 0.25) is 0 Å². The molecule has 0 bridgehead atoms. The van der Waals surface area contributed by atoms with E-state index in [1.165, 1.54) is 0 Å². The molecule has 0 atom stereocenters. The summed E-state index contributed by atoms with van der Waals surface area (Å²) in [6.45, 7) is 0. The van der Waals surface area contributed by atoms with Crippen molar-refractivity contribution in [2.24, 2.45) is 0 Å². The molecular weight excluding hydrogens is 559 g/mol. The van der Waals surface area contributed by atoms with Crippen LogP contribution in [0, 0.1) is 0 Å². The molecule has 0 fully saturated rings. The predicted molar refractivity (Wildman–Crippen MR) is 37.9 cm³/mol. The van der Waals surface area contributed by atoms with Crippen LogP contribution in [0.5, 0.6) is 0 Å². The third-order valence-electron chi connectivity index (χ3n) is 0. The summed E-state index contributed by atoms with van der Waals surface area (Å²) in [5.41, 5.74) is 0. The fourth-order valence-electron chi connectivity index (χ4n) is 0. The molecule has 0 aromatic carbocycles. The molecule has 0 N–H and O–H groups in total. The zero-order valence-corrected chi connectivity index (χ0v) is 22.3. The van der Waals surface area contributed by atoms with Crippen LogP contribution in [-0.4, -0.2) is 47.8 Å². The summed E-state index contributed by atoms with van der Waals surface area (Å²) in [6.07, 6.45) is 0. The van der Waals surface area contributed by atoms with Crippen molar-refractivity contribution in [2.75, 3.05) is 0 Å². The van der Waals surface area contributed by atoms with Gasteiger partial charge >= 0.3 is 47.8 Å². The first-order valence-corrected chi connectivity index (χ1v) is 0. The first-order chi connectivity index (χ1) is 0. The molecule has 0 aromatic rings. The van der Waals surface area contributed by atoms with Gasteiger partial charge in [-0.05, 0) is 0 Å². The van der Waals surface area contributed by atoms with Crippen LogP contribution in [0.25, 0.3) is 0 Å². The third-order valence-corrected chi connectivity index (χ3v) is 0. The van der Waals surface area contributed by atoms with E-state index < -0.39 is 0 Å². The molecule has 0 aliphatic rings. The summed E-state index contributed by atoms with van der Waals surface area (Å²) in [5, 5.41) is 0. The quantitative estimate of drug-likeness (QED) is 0.309. The van der Waals surface area contributed by atoms with Gasteiger partial charge in [0.05, 0.1) is 0 Å². The van der Waals surface area contributed by atoms with Gasteiger partial charge in [-0.15, -0.1) is 0 Å². The summed E-state index contributed by atoms with van der Waals surface area (Å²) in [6, 6.07) is 0. The van der Waals surface area contributed by atoms with Crippen LogP contribution < -0.4 is 0 Å². The van der Waals surface area contributed by atoms with Crippen LogP contribution in [0.4, 0.5) is 0 Å². The summed E-state index contributed by atoms with van der Waals surface area (Å²) in [5.74, 6) is 0. The van der Waals surface area contributed by atoms with Crippen LogP contribution in [-0.2, 0) is 73.1 Å². The van der Waals surface area contributed by atoms with E-state index in [2.05, 4.69) is 0 Å². The van der Waals surface area contributed by atoms with E-state index in [9.17, 15) is 0 Å². The molecule has 0 nitrogen and oxygen atoms in total. The fraction of sp³-hybridized carbons (Fsp3) is 0. The molecule has 0 amide bonds. The van der Waals surface area contributed by atoms with Crippen LogP contribution >= 0.6 is 27.0 Å². The molecular formula is H8Cu2S2Sn2Zn2. The zero-order chi connectivity index (χ0) is 0. The fourth-order valence-corrected chi connectivity index (χ4v) is 0. The van der Waals surface area contributed by atoms with Crippen molar-refractivity contribution in [2.45, 2.75) is 0 Å². The molecule has 0 saturated heterocycles. The van der Waals surface area contributed by atoms with E-state index in [0.717, 1.165) is 0 Å². The second kappa shape index (κ2) is 61.8. The van der Waals surface area contributed by atoms with Gasteiger partial charge in [-0.25, -0.2) is 0 Å². The maximum absolute atomic E-state index is 0. The largest absolute Gasteiger partial charge is 0 e. The Labute approximate surface area is 145 Å². The summed E-state index contributed by atoms with van der Waals surface area (Å²) < 4.78 is 0. The first-order valence-electron chi connectivity index (χ1n) is 0. The number of hydrogen-bond acceptors (Lipinski definition) is 0. The van der Waals surface area contributed by atoms with E-state index in [1.807, 2.05) is 0 Å². The molecule has 0 rings (SSSR count). The number of rotatable bonds is 0. The van der Waals surface area contributed by atoms with Crippen LogP contribution in [0.15, 0.2) is 0 Å². The van der Waals surface area contributed by atoms with E-state index >= 15 is 0 Å². The third kappa shape index (κ3) is 46.3. The van der Waals surface area contributed by atoms with Crippen LogP contribution in [0.3, 0.4) is 0 Å². The molecule has 0 aliphatic carbocycles. The summed E-state index contributed by atoms with van der Waals surface area (Å²) in [4.78, 5) is 0. The van der Waals surface area contributed by atoms with Gasteiger partial charge < -0.3 is 0 Å². The number of hydrogen-bond donors (Lipinski definition) is 0. The Kier molecular flexibility index (Phi) is 621. The summed E-state index contributed by atoms with van der Waals surface area (Å²) >= 11 is 0. The summed E-state index contributed by atoms with van der Waals surface area (Å²) in [7, 11) is 0. The van der Waals surface area contributed by atoms with Crippen molar-refractivity contribution in [1.82, 2.24) is 0 Å². The normalized spacial score (nSPS) is 0. The van der Waals surface area contributed by atoms with Crippen LogP contribution in [0.1, 0.15) is 0 Å². The van der Waals surface area contributed by atoms with Crippen LogP contribution in [0.2, 0.25) is 0 Å². The first kappa shape index (κ1) is 80.4. The Balaban J connectivity index is 0. The molecule has 8 heavy (non-hydrogen) atoms. The second-order valence-corrected chi connectivity index (χ2v) is 0. The van der Waals surface area contributed by atoms with Gasteiger partial charge in [-0.1, -0.05) is 0 Å². The SMILES string of the molecule is S.S.[Cu].[Cu].[SnH2].[SnH2].[Zn].[Zn]. The van der Waals surface area contributed by atoms with Gasteiger partial charge in [0, 0.05) is 73.1 Å². The molecule has 0 aromatic heterocycles. The van der Waals surface area contributed by atoms with Gasteiger partial charge in [0.15, 0.2) is 0 Å². The molecule has 8 heteroatoms. The smallest absolute Gasteiger partial charge is 0 e. The molecule has 0 heterocycles. The minimum absolute atomic E-state index is 0. The van der Waals surface area contributed by atoms with E-state index in [-0.39, 0.29) is 148 Å². The Hall–Kier alpha value is 4.58. The van der Waals surface area contributed by atoms with Crippen molar-refractivity contribution in [1.29, 1.82) is 0 Å². The van der Waals surface area contributed by atoms with Crippen molar-refractivity contribution in [3.63, 3.8) is 0 Å². The topological polar surface area (TPSA) is 0 Å². The average molecular weight is 567 g/mol. The Bertz CT molecular complexity index is 16.0. The van der Waals surface area contributed by atoms with Crippen molar-refractivity contribution < 1.29 is 73.1 Å². The van der Waals surface area contributed by atoms with Gasteiger partial charge in [0.25, 0.3) is 0 Å². The van der Waals surface area contributed by atoms with E-state index in [1.54, 1.807) is 0 Å². The average Bonchev–Trinajstić information content (AvgIpc) is 0. The maximum Gasteiger partial charge on any atom is 0 e. The molecule has 54 valence electrons. The second-order valence-electron chi connectivity index (χ2n) is 0. The molecule has 0 aliphatic heterocycles. The Morgan fingerprint density at radius 1 is 0.500 bits per heavy atom. The Morgan fingerprint density at radius 2 is 0.500 bits per heavy atom.